The lowest BCUT2D eigenvalue weighted by atomic mass is 10.00. The Morgan fingerprint density at radius 3 is 2.22 bits per heavy atom. The van der Waals surface area contributed by atoms with Gasteiger partial charge >= 0.3 is 6.03 Å². The van der Waals surface area contributed by atoms with Gasteiger partial charge in [-0.15, -0.1) is 0 Å². The van der Waals surface area contributed by atoms with Crippen molar-refractivity contribution in [3.05, 3.63) is 108 Å². The Balaban J connectivity index is 1.60. The van der Waals surface area contributed by atoms with Gasteiger partial charge in [-0.2, -0.15) is 0 Å². The maximum Gasteiger partial charge on any atom is 0.320 e. The molecule has 0 saturated carbocycles. The molecule has 1 unspecified atom stereocenters. The van der Waals surface area contributed by atoms with Crippen LogP contribution in [0.25, 0.3) is 10.8 Å². The molecule has 2 N–H and O–H groups in total. The maximum absolute atomic E-state index is 12.8. The van der Waals surface area contributed by atoms with Gasteiger partial charge in [-0.05, 0) is 34.7 Å². The average molecular weight is 353 g/mol. The van der Waals surface area contributed by atoms with Crippen LogP contribution in [0.2, 0.25) is 0 Å². The summed E-state index contributed by atoms with van der Waals surface area (Å²) in [6.07, 6.45) is 3.46. The molecule has 0 aliphatic carbocycles. The molecule has 0 saturated heterocycles. The maximum atomic E-state index is 12.8. The molecule has 1 atom stereocenters. The normalized spacial score (nSPS) is 11.7. The highest BCUT2D eigenvalue weighted by Crippen LogP contribution is 2.24. The topological polar surface area (TPSA) is 54.0 Å². The molecule has 0 aliphatic heterocycles. The summed E-state index contributed by atoms with van der Waals surface area (Å²) < 4.78 is 0. The number of anilines is 1. The lowest BCUT2D eigenvalue weighted by molar-refractivity contribution is 0.250. The van der Waals surface area contributed by atoms with Crippen LogP contribution in [-0.4, -0.2) is 11.0 Å². The minimum atomic E-state index is -0.260. The van der Waals surface area contributed by atoms with Crippen molar-refractivity contribution in [3.63, 3.8) is 0 Å². The SMILES string of the molecule is O=C(Nc1cccc2ccccc12)NC(c1ccccc1)c1ccncc1. The van der Waals surface area contributed by atoms with E-state index in [-0.39, 0.29) is 12.1 Å². The molecule has 4 aromatic rings. The van der Waals surface area contributed by atoms with E-state index in [1.807, 2.05) is 84.9 Å². The van der Waals surface area contributed by atoms with Crippen molar-refractivity contribution in [2.75, 3.05) is 5.32 Å². The molecule has 1 heterocycles. The Bertz CT molecular complexity index is 1000. The smallest absolute Gasteiger partial charge is 0.320 e. The molecule has 0 fully saturated rings. The first-order chi connectivity index (χ1) is 13.3. The van der Waals surface area contributed by atoms with Gasteiger partial charge in [0.2, 0.25) is 0 Å². The lowest BCUT2D eigenvalue weighted by Gasteiger charge is -2.20. The quantitative estimate of drug-likeness (QED) is 0.533. The zero-order valence-corrected chi connectivity index (χ0v) is 14.7. The van der Waals surface area contributed by atoms with Gasteiger partial charge in [0.1, 0.15) is 0 Å². The fourth-order valence-corrected chi connectivity index (χ4v) is 3.18. The molecule has 27 heavy (non-hydrogen) atoms. The van der Waals surface area contributed by atoms with E-state index < -0.39 is 0 Å². The Morgan fingerprint density at radius 1 is 0.741 bits per heavy atom. The van der Waals surface area contributed by atoms with Gasteiger partial charge in [0, 0.05) is 17.8 Å². The molecule has 1 aromatic heterocycles. The number of nitrogens with one attached hydrogen (secondary N) is 2. The number of urea groups is 1. The van der Waals surface area contributed by atoms with Crippen molar-refractivity contribution >= 4 is 22.5 Å². The van der Waals surface area contributed by atoms with E-state index in [1.165, 1.54) is 0 Å². The predicted molar refractivity (Wildman–Crippen MR) is 109 cm³/mol. The number of pyridine rings is 1. The van der Waals surface area contributed by atoms with Crippen LogP contribution in [0.15, 0.2) is 97.3 Å². The highest BCUT2D eigenvalue weighted by atomic mass is 16.2. The van der Waals surface area contributed by atoms with Crippen LogP contribution >= 0.6 is 0 Å². The van der Waals surface area contributed by atoms with Gasteiger partial charge in [-0.1, -0.05) is 66.7 Å². The standard InChI is InChI=1S/C23H19N3O/c27-23(25-21-12-6-10-17-7-4-5-11-20(17)21)26-22(18-8-2-1-3-9-18)19-13-15-24-16-14-19/h1-16,22H,(H2,25,26,27). The third-order valence-electron chi connectivity index (χ3n) is 4.49. The summed E-state index contributed by atoms with van der Waals surface area (Å²) >= 11 is 0. The van der Waals surface area contributed by atoms with Crippen molar-refractivity contribution in [2.24, 2.45) is 0 Å². The number of hydrogen-bond acceptors (Lipinski definition) is 2. The van der Waals surface area contributed by atoms with E-state index in [0.29, 0.717) is 0 Å². The molecule has 4 heteroatoms. The second-order valence-electron chi connectivity index (χ2n) is 6.25. The van der Waals surface area contributed by atoms with Crippen molar-refractivity contribution in [2.45, 2.75) is 6.04 Å². The summed E-state index contributed by atoms with van der Waals surface area (Å²) in [7, 11) is 0. The van der Waals surface area contributed by atoms with E-state index in [0.717, 1.165) is 27.6 Å². The van der Waals surface area contributed by atoms with Gasteiger partial charge in [0.15, 0.2) is 0 Å². The van der Waals surface area contributed by atoms with Gasteiger partial charge in [-0.3, -0.25) is 4.98 Å². The second-order valence-corrected chi connectivity index (χ2v) is 6.25. The summed E-state index contributed by atoms with van der Waals surface area (Å²) in [6, 6.07) is 27.1. The molecule has 4 rings (SSSR count). The second kappa shape index (κ2) is 7.70. The first kappa shape index (κ1) is 16.8. The largest absolute Gasteiger partial charge is 0.327 e. The Kier molecular flexibility index (Phi) is 4.79. The number of amides is 2. The van der Waals surface area contributed by atoms with Crippen molar-refractivity contribution in [1.29, 1.82) is 0 Å². The number of aromatic nitrogens is 1. The number of nitrogens with zero attached hydrogens (tertiary/aromatic N) is 1. The molecule has 0 spiro atoms. The van der Waals surface area contributed by atoms with Crippen LogP contribution in [0.1, 0.15) is 17.2 Å². The summed E-state index contributed by atoms with van der Waals surface area (Å²) in [5.41, 5.74) is 2.77. The molecule has 0 radical (unpaired) electrons. The molecule has 0 bridgehead atoms. The van der Waals surface area contributed by atoms with Gasteiger partial charge < -0.3 is 10.6 Å². The van der Waals surface area contributed by atoms with Crippen LogP contribution in [0, 0.1) is 0 Å². The van der Waals surface area contributed by atoms with E-state index in [2.05, 4.69) is 15.6 Å². The zero-order chi connectivity index (χ0) is 18.5. The lowest BCUT2D eigenvalue weighted by Crippen LogP contribution is -2.33. The van der Waals surface area contributed by atoms with Crippen LogP contribution in [0.3, 0.4) is 0 Å². The molecule has 132 valence electrons. The number of hydrogen-bond donors (Lipinski definition) is 2. The van der Waals surface area contributed by atoms with Crippen LogP contribution in [-0.2, 0) is 0 Å². The Hall–Kier alpha value is -3.66. The minimum absolute atomic E-state index is 0.253. The summed E-state index contributed by atoms with van der Waals surface area (Å²) in [5, 5.41) is 8.17. The Labute approximate surface area is 157 Å². The van der Waals surface area contributed by atoms with E-state index in [1.54, 1.807) is 12.4 Å². The molecule has 3 aromatic carbocycles. The van der Waals surface area contributed by atoms with Crippen molar-refractivity contribution < 1.29 is 4.79 Å². The number of benzene rings is 3. The van der Waals surface area contributed by atoms with Crippen LogP contribution < -0.4 is 10.6 Å². The first-order valence-electron chi connectivity index (χ1n) is 8.81. The number of carbonyl (C=O) groups is 1. The summed E-state index contributed by atoms with van der Waals surface area (Å²) in [6.45, 7) is 0. The van der Waals surface area contributed by atoms with Crippen molar-refractivity contribution in [1.82, 2.24) is 10.3 Å². The number of fused-ring (bicyclic) bond motifs is 1. The van der Waals surface area contributed by atoms with Crippen molar-refractivity contribution in [3.8, 4) is 0 Å². The minimum Gasteiger partial charge on any atom is -0.327 e. The first-order valence-corrected chi connectivity index (χ1v) is 8.81. The van der Waals surface area contributed by atoms with E-state index in [9.17, 15) is 4.79 Å². The zero-order valence-electron chi connectivity index (χ0n) is 14.7. The highest BCUT2D eigenvalue weighted by Gasteiger charge is 2.17. The summed E-state index contributed by atoms with van der Waals surface area (Å²) in [4.78, 5) is 16.8. The third-order valence-corrected chi connectivity index (χ3v) is 4.49. The molecule has 4 nitrogen and oxygen atoms in total. The molecular formula is C23H19N3O. The monoisotopic (exact) mass is 353 g/mol. The van der Waals surface area contributed by atoms with Gasteiger partial charge in [0.25, 0.3) is 0 Å². The Morgan fingerprint density at radius 2 is 1.41 bits per heavy atom. The summed E-state index contributed by atoms with van der Waals surface area (Å²) in [5.74, 6) is 0. The van der Waals surface area contributed by atoms with Gasteiger partial charge in [0.05, 0.1) is 11.7 Å². The highest BCUT2D eigenvalue weighted by molar-refractivity contribution is 6.01. The molecular weight excluding hydrogens is 334 g/mol. The fourth-order valence-electron chi connectivity index (χ4n) is 3.18. The van der Waals surface area contributed by atoms with E-state index >= 15 is 0 Å². The van der Waals surface area contributed by atoms with Gasteiger partial charge in [-0.25, -0.2) is 4.79 Å². The number of rotatable bonds is 4. The van der Waals surface area contributed by atoms with Crippen LogP contribution in [0.4, 0.5) is 10.5 Å². The predicted octanol–water partition coefficient (Wildman–Crippen LogP) is 5.15. The van der Waals surface area contributed by atoms with E-state index in [4.69, 9.17) is 0 Å². The molecule has 2 amide bonds. The third kappa shape index (κ3) is 3.80. The molecule has 0 aliphatic rings. The average Bonchev–Trinajstić information content (AvgIpc) is 2.73. The number of carbonyl (C=O) groups excluding carboxylic acids is 1. The fraction of sp³-hybridized carbons (Fsp3) is 0.0435. The van der Waals surface area contributed by atoms with Crippen LogP contribution in [0.5, 0.6) is 0 Å².